The second kappa shape index (κ2) is 26.4. The summed E-state index contributed by atoms with van der Waals surface area (Å²) in [6, 6.07) is 0. The van der Waals surface area contributed by atoms with E-state index in [-0.39, 0.29) is 27.7 Å². The molecular formula is Cl2HgO4. The summed E-state index contributed by atoms with van der Waals surface area (Å²) in [5.74, 6) is 0. The molecule has 0 heterocycles. The first-order chi connectivity index (χ1) is 2.83. The van der Waals surface area contributed by atoms with E-state index in [9.17, 15) is 0 Å². The minimum Gasteiger partial charge on any atom is -0.544 e. The summed E-state index contributed by atoms with van der Waals surface area (Å²) in [6.45, 7) is 0. The maximum atomic E-state index is 8.24. The van der Waals surface area contributed by atoms with Gasteiger partial charge in [-0.3, -0.25) is 0 Å². The van der Waals surface area contributed by atoms with Crippen molar-refractivity contribution in [3.05, 3.63) is 0 Å². The summed E-state index contributed by atoms with van der Waals surface area (Å²) >= 11 is -0.833. The Balaban J connectivity index is -0.0000000400. The standard InChI is InChI=1S/2ClO2.Hg/c2*2-1-3;/q2*-1;+2. The average Bonchev–Trinajstić information content (AvgIpc) is 1.39. The van der Waals surface area contributed by atoms with Crippen LogP contribution >= 0.6 is 0 Å². The van der Waals surface area contributed by atoms with E-state index in [2.05, 4.69) is 0 Å². The van der Waals surface area contributed by atoms with Crippen LogP contribution in [0.1, 0.15) is 0 Å². The predicted octanol–water partition coefficient (Wildman–Crippen LogP) is -4.76. The van der Waals surface area contributed by atoms with E-state index in [1.165, 1.54) is 0 Å². The summed E-state index contributed by atoms with van der Waals surface area (Å²) in [6.07, 6.45) is 0. The largest absolute Gasteiger partial charge is 2.00 e. The molecule has 7 heavy (non-hydrogen) atoms. The fraction of sp³-hybridized carbons (Fsp3) is 0. The summed E-state index contributed by atoms with van der Waals surface area (Å²) in [4.78, 5) is 0. The zero-order chi connectivity index (χ0) is 5.41. The Morgan fingerprint density at radius 1 is 0.714 bits per heavy atom. The third-order valence-electron chi connectivity index (χ3n) is 0. The van der Waals surface area contributed by atoms with Crippen molar-refractivity contribution in [2.75, 3.05) is 0 Å². The van der Waals surface area contributed by atoms with Crippen molar-refractivity contribution < 1.29 is 69.0 Å². The molecule has 40 valence electrons. The molecular weight excluding hydrogens is 335 g/mol. The molecule has 0 aromatic heterocycles. The Bertz CT molecular complexity index is 11.7. The first kappa shape index (κ1) is 15.8. The molecule has 0 spiro atoms. The van der Waals surface area contributed by atoms with Crippen LogP contribution in [0.4, 0.5) is 0 Å². The SMILES string of the molecule is [Hg+2].[O-][Cl+][O-].[O-][Cl+][O-]. The van der Waals surface area contributed by atoms with Crippen LogP contribution in [-0.2, 0) is 27.7 Å². The third kappa shape index (κ3) is 115. The second-order valence-corrected chi connectivity index (χ2v) is 0.378. The summed E-state index contributed by atoms with van der Waals surface area (Å²) in [5, 5.41) is 0. The van der Waals surface area contributed by atoms with E-state index in [1.54, 1.807) is 0 Å². The molecule has 0 bridgehead atoms. The number of rotatable bonds is 0. The monoisotopic (exact) mass is 336 g/mol. The van der Waals surface area contributed by atoms with E-state index in [1.807, 2.05) is 0 Å². The molecule has 0 N–H and O–H groups in total. The summed E-state index contributed by atoms with van der Waals surface area (Å²) in [7, 11) is 0. The van der Waals surface area contributed by atoms with Crippen molar-refractivity contribution in [2.24, 2.45) is 0 Å². The van der Waals surface area contributed by atoms with Gasteiger partial charge in [0.1, 0.15) is 0 Å². The van der Waals surface area contributed by atoms with Gasteiger partial charge < -0.3 is 18.6 Å². The van der Waals surface area contributed by atoms with Gasteiger partial charge in [-0.25, -0.2) is 0 Å². The summed E-state index contributed by atoms with van der Waals surface area (Å²) in [5.41, 5.74) is 0. The molecule has 0 saturated carbocycles. The molecule has 4 nitrogen and oxygen atoms in total. The van der Waals surface area contributed by atoms with Crippen molar-refractivity contribution in [1.29, 1.82) is 0 Å². The van der Waals surface area contributed by atoms with E-state index in [0.717, 1.165) is 0 Å². The molecule has 0 aliphatic rings. The van der Waals surface area contributed by atoms with E-state index >= 15 is 0 Å². The minimum absolute atomic E-state index is 0. The normalized spacial score (nSPS) is 5.14. The number of hydrogen-bond donors (Lipinski definition) is 0. The van der Waals surface area contributed by atoms with Gasteiger partial charge in [0.25, 0.3) is 0 Å². The maximum absolute atomic E-state index is 8.24. The van der Waals surface area contributed by atoms with E-state index in [0.29, 0.717) is 0 Å². The molecule has 0 aliphatic carbocycles. The van der Waals surface area contributed by atoms with Crippen molar-refractivity contribution in [2.45, 2.75) is 0 Å². The minimum atomic E-state index is -0.417. The zero-order valence-corrected chi connectivity index (χ0v) is 10.1. The smallest absolute Gasteiger partial charge is 0.544 e. The quantitative estimate of drug-likeness (QED) is 0.416. The van der Waals surface area contributed by atoms with Crippen molar-refractivity contribution in [3.63, 3.8) is 0 Å². The van der Waals surface area contributed by atoms with Crippen LogP contribution in [0.15, 0.2) is 0 Å². The molecule has 0 fully saturated rings. The van der Waals surface area contributed by atoms with Crippen LogP contribution in [0.5, 0.6) is 0 Å². The molecule has 0 aromatic carbocycles. The van der Waals surface area contributed by atoms with Gasteiger partial charge in [0, 0.05) is 0 Å². The fourth-order valence-electron chi connectivity index (χ4n) is 0. The predicted molar refractivity (Wildman–Crippen MR) is 0 cm³/mol. The average molecular weight is 335 g/mol. The Morgan fingerprint density at radius 3 is 0.714 bits per heavy atom. The van der Waals surface area contributed by atoms with Gasteiger partial charge >= 0.3 is 27.7 Å². The Morgan fingerprint density at radius 2 is 0.714 bits per heavy atom. The van der Waals surface area contributed by atoms with Crippen LogP contribution < -0.4 is 18.6 Å². The van der Waals surface area contributed by atoms with Gasteiger partial charge in [0.15, 0.2) is 0 Å². The molecule has 0 amide bonds. The Kier molecular flexibility index (Phi) is 59.4. The van der Waals surface area contributed by atoms with Gasteiger partial charge in [0.05, 0.1) is 22.7 Å². The van der Waals surface area contributed by atoms with Crippen LogP contribution in [0.2, 0.25) is 0 Å². The van der Waals surface area contributed by atoms with Crippen LogP contribution in [0.25, 0.3) is 0 Å². The molecule has 0 saturated heterocycles. The Labute approximate surface area is 68.8 Å². The fourth-order valence-corrected chi connectivity index (χ4v) is 0. The summed E-state index contributed by atoms with van der Waals surface area (Å²) < 4.78 is 32.9. The van der Waals surface area contributed by atoms with E-state index < -0.39 is 22.7 Å². The van der Waals surface area contributed by atoms with Gasteiger partial charge in [0.2, 0.25) is 0 Å². The molecule has 0 aromatic rings. The molecule has 0 atom stereocenters. The number of hydrogen-bond acceptors (Lipinski definition) is 4. The van der Waals surface area contributed by atoms with Crippen LogP contribution in [0.3, 0.4) is 0 Å². The first-order valence-corrected chi connectivity index (χ1v) is 1.85. The van der Waals surface area contributed by atoms with Crippen LogP contribution in [0, 0.1) is 22.7 Å². The Hall–Kier alpha value is 1.36. The van der Waals surface area contributed by atoms with E-state index in [4.69, 9.17) is 18.6 Å². The molecule has 0 radical (unpaired) electrons. The van der Waals surface area contributed by atoms with Crippen molar-refractivity contribution in [1.82, 2.24) is 0 Å². The second-order valence-electron chi connectivity index (χ2n) is 0.126. The maximum Gasteiger partial charge on any atom is 2.00 e. The zero-order valence-electron chi connectivity index (χ0n) is 3.10. The van der Waals surface area contributed by atoms with Gasteiger partial charge in [-0.2, -0.15) is 0 Å². The van der Waals surface area contributed by atoms with Gasteiger partial charge in [-0.15, -0.1) is 0 Å². The first-order valence-electron chi connectivity index (χ1n) is 0.617. The molecule has 7 heteroatoms. The molecule has 0 rings (SSSR count). The van der Waals surface area contributed by atoms with Crippen molar-refractivity contribution >= 4 is 0 Å². The van der Waals surface area contributed by atoms with Gasteiger partial charge in [-0.1, -0.05) is 0 Å². The van der Waals surface area contributed by atoms with Crippen molar-refractivity contribution in [3.8, 4) is 0 Å². The molecule has 0 aliphatic heterocycles. The molecule has 0 unspecified atom stereocenters. The third-order valence-corrected chi connectivity index (χ3v) is 0. The number of halogens is 2. The van der Waals surface area contributed by atoms with Gasteiger partial charge in [-0.05, 0) is 0 Å². The topological polar surface area (TPSA) is 92.2 Å². The van der Waals surface area contributed by atoms with Crippen LogP contribution in [-0.4, -0.2) is 0 Å².